The smallest absolute Gasteiger partial charge is 0.248 e. The molecular weight excluding hydrogens is 348 g/mol. The molecule has 1 aromatic carbocycles. The third kappa shape index (κ3) is 5.92. The first-order valence-corrected chi connectivity index (χ1v) is 10.4. The quantitative estimate of drug-likeness (QED) is 0.786. The van der Waals surface area contributed by atoms with Crippen molar-refractivity contribution < 1.29 is 21.9 Å². The Morgan fingerprint density at radius 2 is 1.92 bits per heavy atom. The normalized spacial score (nSPS) is 23.6. The molecule has 0 amide bonds. The van der Waals surface area contributed by atoms with Gasteiger partial charge < -0.3 is 4.74 Å². The van der Waals surface area contributed by atoms with Crippen molar-refractivity contribution in [1.29, 1.82) is 0 Å². The highest BCUT2D eigenvalue weighted by Crippen LogP contribution is 2.37. The molecule has 0 aliphatic heterocycles. The first kappa shape index (κ1) is 20.1. The summed E-state index contributed by atoms with van der Waals surface area (Å²) in [6.07, 6.45) is -0.552. The number of benzene rings is 1. The van der Waals surface area contributed by atoms with Crippen molar-refractivity contribution in [3.63, 3.8) is 0 Å². The second-order valence-corrected chi connectivity index (χ2v) is 9.06. The van der Waals surface area contributed by atoms with Gasteiger partial charge in [-0.1, -0.05) is 26.0 Å². The van der Waals surface area contributed by atoms with Crippen molar-refractivity contribution in [3.8, 4) is 5.75 Å². The van der Waals surface area contributed by atoms with E-state index in [1.807, 2.05) is 24.3 Å². The fourth-order valence-corrected chi connectivity index (χ4v) is 3.96. The van der Waals surface area contributed by atoms with Gasteiger partial charge in [0.2, 0.25) is 15.9 Å². The highest BCUT2D eigenvalue weighted by atomic mass is 32.2. The average molecular weight is 375 g/mol. The third-order valence-electron chi connectivity index (χ3n) is 4.67. The summed E-state index contributed by atoms with van der Waals surface area (Å²) in [7, 11) is -3.44. The van der Waals surface area contributed by atoms with Crippen molar-refractivity contribution >= 4 is 10.0 Å². The molecular formula is C18H27F2NO3S. The van der Waals surface area contributed by atoms with Crippen LogP contribution in [-0.2, 0) is 10.0 Å². The predicted molar refractivity (Wildman–Crippen MR) is 94.7 cm³/mol. The Kier molecular flexibility index (Phi) is 6.43. The lowest BCUT2D eigenvalue weighted by Crippen LogP contribution is -2.48. The highest BCUT2D eigenvalue weighted by molar-refractivity contribution is 7.89. The SMILES string of the molecule is CCS(=O)(=O)N[C@@H]1CCC(F)(F)C[C@H]1COc1ccc(C(C)C)cc1. The zero-order chi connectivity index (χ0) is 18.7. The summed E-state index contributed by atoms with van der Waals surface area (Å²) in [6, 6.07) is 7.03. The van der Waals surface area contributed by atoms with Gasteiger partial charge >= 0.3 is 0 Å². The molecule has 7 heteroatoms. The summed E-state index contributed by atoms with van der Waals surface area (Å²) in [5.74, 6) is -2.39. The van der Waals surface area contributed by atoms with E-state index in [4.69, 9.17) is 4.74 Å². The minimum absolute atomic E-state index is 0.0630. The fraction of sp³-hybridized carbons (Fsp3) is 0.667. The lowest BCUT2D eigenvalue weighted by Gasteiger charge is -2.36. The molecule has 0 unspecified atom stereocenters. The third-order valence-corrected chi connectivity index (χ3v) is 6.09. The molecule has 1 aliphatic carbocycles. The van der Waals surface area contributed by atoms with E-state index in [0.717, 1.165) is 0 Å². The minimum Gasteiger partial charge on any atom is -0.493 e. The first-order valence-electron chi connectivity index (χ1n) is 8.72. The van der Waals surface area contributed by atoms with Gasteiger partial charge in [-0.3, -0.25) is 0 Å². The molecule has 1 saturated carbocycles. The van der Waals surface area contributed by atoms with E-state index in [9.17, 15) is 17.2 Å². The fourth-order valence-electron chi connectivity index (χ4n) is 3.03. The van der Waals surface area contributed by atoms with Crippen LogP contribution < -0.4 is 9.46 Å². The lowest BCUT2D eigenvalue weighted by molar-refractivity contribution is -0.0660. The summed E-state index contributed by atoms with van der Waals surface area (Å²) >= 11 is 0. The second-order valence-electron chi connectivity index (χ2n) is 7.02. The number of hydrogen-bond acceptors (Lipinski definition) is 3. The van der Waals surface area contributed by atoms with E-state index in [-0.39, 0.29) is 31.6 Å². The van der Waals surface area contributed by atoms with Crippen LogP contribution in [0.5, 0.6) is 5.75 Å². The molecule has 0 aromatic heterocycles. The van der Waals surface area contributed by atoms with E-state index in [2.05, 4.69) is 18.6 Å². The largest absolute Gasteiger partial charge is 0.493 e. The minimum atomic E-state index is -3.44. The molecule has 0 spiro atoms. The number of rotatable bonds is 7. The average Bonchev–Trinajstić information content (AvgIpc) is 2.55. The number of nitrogens with one attached hydrogen (secondary N) is 1. The topological polar surface area (TPSA) is 55.4 Å². The Balaban J connectivity index is 2.03. The van der Waals surface area contributed by atoms with Crippen LogP contribution in [0.3, 0.4) is 0 Å². The van der Waals surface area contributed by atoms with Crippen LogP contribution in [0.4, 0.5) is 8.78 Å². The molecule has 1 fully saturated rings. The summed E-state index contributed by atoms with van der Waals surface area (Å²) in [5.41, 5.74) is 1.17. The van der Waals surface area contributed by atoms with Gasteiger partial charge in [0.15, 0.2) is 0 Å². The van der Waals surface area contributed by atoms with Crippen LogP contribution >= 0.6 is 0 Å². The van der Waals surface area contributed by atoms with E-state index in [1.54, 1.807) is 0 Å². The van der Waals surface area contributed by atoms with Gasteiger partial charge in [0, 0.05) is 24.8 Å². The molecule has 1 aromatic rings. The zero-order valence-electron chi connectivity index (χ0n) is 15.0. The standard InChI is InChI=1S/C18H27F2NO3S/c1-4-25(22,23)21-17-9-10-18(19,20)11-15(17)12-24-16-7-5-14(6-8-16)13(2)3/h5-8,13,15,17,21H,4,9-12H2,1-3H3/t15-,17+/m0/s1. The van der Waals surface area contributed by atoms with Crippen LogP contribution in [0.2, 0.25) is 0 Å². The molecule has 1 N–H and O–H groups in total. The van der Waals surface area contributed by atoms with Crippen LogP contribution in [0.1, 0.15) is 51.5 Å². The first-order chi connectivity index (χ1) is 11.6. The lowest BCUT2D eigenvalue weighted by atomic mass is 9.83. The maximum Gasteiger partial charge on any atom is 0.248 e. The van der Waals surface area contributed by atoms with E-state index < -0.39 is 27.9 Å². The Morgan fingerprint density at radius 3 is 2.48 bits per heavy atom. The van der Waals surface area contributed by atoms with Gasteiger partial charge in [0.05, 0.1) is 12.4 Å². The number of alkyl halides is 2. The van der Waals surface area contributed by atoms with E-state index in [0.29, 0.717) is 11.7 Å². The molecule has 1 aliphatic rings. The van der Waals surface area contributed by atoms with Crippen LogP contribution in [0, 0.1) is 5.92 Å². The number of hydrogen-bond donors (Lipinski definition) is 1. The van der Waals surface area contributed by atoms with Crippen LogP contribution in [0.15, 0.2) is 24.3 Å². The number of halogens is 2. The monoisotopic (exact) mass is 375 g/mol. The molecule has 0 saturated heterocycles. The second kappa shape index (κ2) is 7.99. The van der Waals surface area contributed by atoms with Gasteiger partial charge in [0.25, 0.3) is 0 Å². The predicted octanol–water partition coefficient (Wildman–Crippen LogP) is 3.93. The Labute approximate surface area is 149 Å². The van der Waals surface area contributed by atoms with Gasteiger partial charge in [0.1, 0.15) is 5.75 Å². The van der Waals surface area contributed by atoms with Crippen molar-refractivity contribution in [1.82, 2.24) is 4.72 Å². The van der Waals surface area contributed by atoms with Crippen LogP contribution in [-0.4, -0.2) is 32.7 Å². The molecule has 4 nitrogen and oxygen atoms in total. The maximum absolute atomic E-state index is 13.8. The number of sulfonamides is 1. The van der Waals surface area contributed by atoms with Crippen LogP contribution in [0.25, 0.3) is 0 Å². The molecule has 0 bridgehead atoms. The summed E-state index contributed by atoms with van der Waals surface area (Å²) < 4.78 is 59.4. The summed E-state index contributed by atoms with van der Waals surface area (Å²) in [4.78, 5) is 0. The Bertz CT molecular complexity index is 659. The molecule has 2 atom stereocenters. The molecule has 25 heavy (non-hydrogen) atoms. The summed E-state index contributed by atoms with van der Waals surface area (Å²) in [5, 5.41) is 0. The highest BCUT2D eigenvalue weighted by Gasteiger charge is 2.42. The van der Waals surface area contributed by atoms with E-state index >= 15 is 0 Å². The van der Waals surface area contributed by atoms with Crippen molar-refractivity contribution in [2.75, 3.05) is 12.4 Å². The van der Waals surface area contributed by atoms with Gasteiger partial charge in [-0.2, -0.15) is 0 Å². The van der Waals surface area contributed by atoms with Gasteiger partial charge in [-0.25, -0.2) is 21.9 Å². The Morgan fingerprint density at radius 1 is 1.28 bits per heavy atom. The number of ether oxygens (including phenoxy) is 1. The molecule has 142 valence electrons. The molecule has 0 heterocycles. The summed E-state index contributed by atoms with van der Waals surface area (Å²) in [6.45, 7) is 5.77. The van der Waals surface area contributed by atoms with E-state index in [1.165, 1.54) is 12.5 Å². The zero-order valence-corrected chi connectivity index (χ0v) is 15.8. The maximum atomic E-state index is 13.8. The molecule has 0 radical (unpaired) electrons. The van der Waals surface area contributed by atoms with Crippen molar-refractivity contribution in [3.05, 3.63) is 29.8 Å². The Hall–Kier alpha value is -1.21. The van der Waals surface area contributed by atoms with Crippen molar-refractivity contribution in [2.45, 2.75) is 57.9 Å². The van der Waals surface area contributed by atoms with Gasteiger partial charge in [-0.15, -0.1) is 0 Å². The molecule has 2 rings (SSSR count). The van der Waals surface area contributed by atoms with Crippen molar-refractivity contribution in [2.24, 2.45) is 5.92 Å². The van der Waals surface area contributed by atoms with Gasteiger partial charge in [-0.05, 0) is 37.0 Å².